The lowest BCUT2D eigenvalue weighted by atomic mass is 9.74. The van der Waals surface area contributed by atoms with E-state index in [9.17, 15) is 14.7 Å². The Morgan fingerprint density at radius 2 is 1.95 bits per heavy atom. The van der Waals surface area contributed by atoms with Gasteiger partial charge in [-0.2, -0.15) is 0 Å². The summed E-state index contributed by atoms with van der Waals surface area (Å²) in [6.45, 7) is 2.06. The third kappa shape index (κ3) is 3.56. The number of carbonyl (C=O) groups excluding carboxylic acids is 1. The third-order valence-electron chi connectivity index (χ3n) is 4.22. The number of aliphatic carboxylic acids is 1. The van der Waals surface area contributed by atoms with Gasteiger partial charge in [-0.15, -0.1) is 0 Å². The first-order valence-corrected chi connectivity index (χ1v) is 7.60. The Hall–Kier alpha value is -1.55. The van der Waals surface area contributed by atoms with Gasteiger partial charge in [-0.05, 0) is 37.5 Å². The molecule has 0 heterocycles. The minimum atomic E-state index is -0.828. The molecule has 1 aliphatic rings. The van der Waals surface area contributed by atoms with E-state index < -0.39 is 11.4 Å². The zero-order chi connectivity index (χ0) is 15.5. The molecule has 2 N–H and O–H groups in total. The zero-order valence-electron chi connectivity index (χ0n) is 12.1. The van der Waals surface area contributed by atoms with Crippen LogP contribution in [0.1, 0.15) is 48.0 Å². The number of carbonyl (C=O) groups is 2. The molecule has 1 saturated carbocycles. The lowest BCUT2D eigenvalue weighted by molar-refractivity contribution is -0.150. The third-order valence-corrected chi connectivity index (χ3v) is 4.53. The summed E-state index contributed by atoms with van der Waals surface area (Å²) in [6, 6.07) is 5.21. The standard InChI is InChI=1S/C16H20ClNO3/c1-11-5-6-12(13(17)9-11)14(19)18-10-16(15(20)21)7-3-2-4-8-16/h5-6,9H,2-4,7-8,10H2,1H3,(H,18,19)(H,20,21). The van der Waals surface area contributed by atoms with Crippen molar-refractivity contribution >= 4 is 23.5 Å². The highest BCUT2D eigenvalue weighted by Crippen LogP contribution is 2.36. The number of hydrogen-bond acceptors (Lipinski definition) is 2. The van der Waals surface area contributed by atoms with Gasteiger partial charge < -0.3 is 10.4 Å². The summed E-state index contributed by atoms with van der Waals surface area (Å²) in [5.41, 5.74) is 0.537. The Morgan fingerprint density at radius 1 is 1.29 bits per heavy atom. The fourth-order valence-electron chi connectivity index (χ4n) is 2.84. The van der Waals surface area contributed by atoms with Gasteiger partial charge in [0.25, 0.3) is 5.91 Å². The van der Waals surface area contributed by atoms with Crippen molar-refractivity contribution in [3.8, 4) is 0 Å². The van der Waals surface area contributed by atoms with Gasteiger partial charge in [0.2, 0.25) is 0 Å². The van der Waals surface area contributed by atoms with Crippen molar-refractivity contribution in [2.24, 2.45) is 5.41 Å². The number of nitrogens with one attached hydrogen (secondary N) is 1. The molecule has 4 nitrogen and oxygen atoms in total. The van der Waals surface area contributed by atoms with Crippen LogP contribution < -0.4 is 5.32 Å². The first-order chi connectivity index (χ1) is 9.94. The highest BCUT2D eigenvalue weighted by molar-refractivity contribution is 6.33. The van der Waals surface area contributed by atoms with Crippen LogP contribution in [0.2, 0.25) is 5.02 Å². The Kier molecular flexibility index (Phi) is 4.88. The monoisotopic (exact) mass is 309 g/mol. The number of hydrogen-bond donors (Lipinski definition) is 2. The van der Waals surface area contributed by atoms with Gasteiger partial charge in [-0.3, -0.25) is 9.59 Å². The summed E-state index contributed by atoms with van der Waals surface area (Å²) in [5.74, 6) is -1.14. The predicted molar refractivity (Wildman–Crippen MR) is 81.7 cm³/mol. The quantitative estimate of drug-likeness (QED) is 0.895. The van der Waals surface area contributed by atoms with Gasteiger partial charge in [-0.25, -0.2) is 0 Å². The molecule has 21 heavy (non-hydrogen) atoms. The van der Waals surface area contributed by atoms with E-state index in [0.29, 0.717) is 23.4 Å². The number of rotatable bonds is 4. The number of benzene rings is 1. The molecule has 1 aliphatic carbocycles. The summed E-state index contributed by atoms with van der Waals surface area (Å²) in [4.78, 5) is 23.8. The van der Waals surface area contributed by atoms with Crippen molar-refractivity contribution in [1.29, 1.82) is 0 Å². The number of carboxylic acid groups (broad SMARTS) is 1. The molecule has 0 spiro atoms. The molecule has 0 atom stereocenters. The zero-order valence-corrected chi connectivity index (χ0v) is 12.9. The lowest BCUT2D eigenvalue weighted by Gasteiger charge is -2.33. The smallest absolute Gasteiger partial charge is 0.311 e. The van der Waals surface area contributed by atoms with Gasteiger partial charge >= 0.3 is 5.97 Å². The molecule has 1 aromatic rings. The summed E-state index contributed by atoms with van der Waals surface area (Å²) >= 11 is 6.07. The topological polar surface area (TPSA) is 66.4 Å². The average Bonchev–Trinajstić information content (AvgIpc) is 2.45. The Balaban J connectivity index is 2.07. The Morgan fingerprint density at radius 3 is 2.52 bits per heavy atom. The van der Waals surface area contributed by atoms with Gasteiger partial charge in [0, 0.05) is 6.54 Å². The Labute approximate surface area is 129 Å². The summed E-state index contributed by atoms with van der Waals surface area (Å²) in [5, 5.41) is 12.6. The maximum Gasteiger partial charge on any atom is 0.311 e. The second-order valence-corrected chi connectivity index (χ2v) is 6.22. The first-order valence-electron chi connectivity index (χ1n) is 7.22. The summed E-state index contributed by atoms with van der Waals surface area (Å²) in [6.07, 6.45) is 4.09. The van der Waals surface area contributed by atoms with Crippen LogP contribution in [0, 0.1) is 12.3 Å². The van der Waals surface area contributed by atoms with Crippen molar-refractivity contribution in [1.82, 2.24) is 5.32 Å². The van der Waals surface area contributed by atoms with Crippen LogP contribution in [-0.4, -0.2) is 23.5 Å². The van der Waals surface area contributed by atoms with Crippen LogP contribution in [0.5, 0.6) is 0 Å². The molecule has 0 aliphatic heterocycles. The maximum atomic E-state index is 12.2. The highest BCUT2D eigenvalue weighted by Gasteiger charge is 2.39. The second kappa shape index (κ2) is 6.48. The molecule has 1 aromatic carbocycles. The molecule has 0 saturated heterocycles. The average molecular weight is 310 g/mol. The summed E-state index contributed by atoms with van der Waals surface area (Å²) in [7, 11) is 0. The molecule has 2 rings (SSSR count). The van der Waals surface area contributed by atoms with Crippen LogP contribution in [0.25, 0.3) is 0 Å². The molecule has 1 fully saturated rings. The van der Waals surface area contributed by atoms with E-state index in [2.05, 4.69) is 5.32 Å². The molecular formula is C16H20ClNO3. The van der Waals surface area contributed by atoms with E-state index in [4.69, 9.17) is 11.6 Å². The van der Waals surface area contributed by atoms with Gasteiger partial charge in [-0.1, -0.05) is 36.9 Å². The van der Waals surface area contributed by atoms with Crippen LogP contribution >= 0.6 is 11.6 Å². The van der Waals surface area contributed by atoms with Crippen molar-refractivity contribution < 1.29 is 14.7 Å². The van der Waals surface area contributed by atoms with Crippen LogP contribution in [0.15, 0.2) is 18.2 Å². The highest BCUT2D eigenvalue weighted by atomic mass is 35.5. The fraction of sp³-hybridized carbons (Fsp3) is 0.500. The SMILES string of the molecule is Cc1ccc(C(=O)NCC2(C(=O)O)CCCCC2)c(Cl)c1. The van der Waals surface area contributed by atoms with Crippen molar-refractivity contribution in [2.45, 2.75) is 39.0 Å². The van der Waals surface area contributed by atoms with E-state index in [1.807, 2.05) is 13.0 Å². The van der Waals surface area contributed by atoms with E-state index >= 15 is 0 Å². The molecule has 0 bridgehead atoms. The maximum absolute atomic E-state index is 12.2. The van der Waals surface area contributed by atoms with Crippen LogP contribution in [0.4, 0.5) is 0 Å². The van der Waals surface area contributed by atoms with Crippen LogP contribution in [-0.2, 0) is 4.79 Å². The van der Waals surface area contributed by atoms with Crippen molar-refractivity contribution in [2.75, 3.05) is 6.54 Å². The number of halogens is 1. The molecule has 114 valence electrons. The van der Waals surface area contributed by atoms with Crippen molar-refractivity contribution in [3.05, 3.63) is 34.3 Å². The molecule has 1 amide bonds. The Bertz CT molecular complexity index is 550. The lowest BCUT2D eigenvalue weighted by Crippen LogP contribution is -2.44. The minimum Gasteiger partial charge on any atom is -0.481 e. The van der Waals surface area contributed by atoms with Crippen LogP contribution in [0.3, 0.4) is 0 Å². The van der Waals surface area contributed by atoms with Gasteiger partial charge in [0.15, 0.2) is 0 Å². The van der Waals surface area contributed by atoms with E-state index in [1.54, 1.807) is 12.1 Å². The van der Waals surface area contributed by atoms with Crippen molar-refractivity contribution in [3.63, 3.8) is 0 Å². The number of amides is 1. The second-order valence-electron chi connectivity index (χ2n) is 5.81. The molecule has 5 heteroatoms. The molecular weight excluding hydrogens is 290 g/mol. The van der Waals surface area contributed by atoms with Gasteiger partial charge in [0.1, 0.15) is 0 Å². The van der Waals surface area contributed by atoms with E-state index in [0.717, 1.165) is 24.8 Å². The fourth-order valence-corrected chi connectivity index (χ4v) is 3.16. The minimum absolute atomic E-state index is 0.158. The molecule has 0 unspecified atom stereocenters. The first kappa shape index (κ1) is 15.8. The van der Waals surface area contributed by atoms with E-state index in [-0.39, 0.29) is 12.5 Å². The predicted octanol–water partition coefficient (Wildman–Crippen LogP) is 3.41. The normalized spacial score (nSPS) is 17.2. The van der Waals surface area contributed by atoms with Gasteiger partial charge in [0.05, 0.1) is 16.0 Å². The molecule has 0 radical (unpaired) electrons. The molecule has 0 aromatic heterocycles. The largest absolute Gasteiger partial charge is 0.481 e. The number of aryl methyl sites for hydroxylation is 1. The summed E-state index contributed by atoms with van der Waals surface area (Å²) < 4.78 is 0. The number of carboxylic acids is 1. The van der Waals surface area contributed by atoms with E-state index in [1.165, 1.54) is 0 Å².